The Morgan fingerprint density at radius 2 is 1.85 bits per heavy atom. The number of benzene rings is 2. The second kappa shape index (κ2) is 6.58. The molecule has 27 heavy (non-hydrogen) atoms. The summed E-state index contributed by atoms with van der Waals surface area (Å²) in [4.78, 5) is 16.2. The molecule has 7 heteroatoms. The molecular formula is C20H16FNO3S2. The molecule has 1 aromatic heterocycles. The molecule has 4 nitrogen and oxygen atoms in total. The maximum atomic E-state index is 13.2. The average molecular weight is 401 g/mol. The van der Waals surface area contributed by atoms with Crippen LogP contribution in [-0.2, 0) is 15.6 Å². The molecule has 1 amide bonds. The van der Waals surface area contributed by atoms with Crippen molar-refractivity contribution in [2.75, 3.05) is 11.4 Å². The van der Waals surface area contributed by atoms with E-state index in [0.29, 0.717) is 33.1 Å². The normalized spacial score (nSPS) is 14.3. The molecular weight excluding hydrogens is 385 g/mol. The molecule has 0 radical (unpaired) electrons. The van der Waals surface area contributed by atoms with Gasteiger partial charge in [-0.05, 0) is 48.9 Å². The highest BCUT2D eigenvalue weighted by atomic mass is 32.2. The third-order valence-electron chi connectivity index (χ3n) is 4.53. The Kier molecular flexibility index (Phi) is 4.36. The molecule has 138 valence electrons. The Morgan fingerprint density at radius 1 is 1.15 bits per heavy atom. The first kappa shape index (κ1) is 17.9. The van der Waals surface area contributed by atoms with E-state index in [2.05, 4.69) is 0 Å². The van der Waals surface area contributed by atoms with Crippen LogP contribution in [0.25, 0.3) is 10.4 Å². The molecule has 2 heterocycles. The van der Waals surface area contributed by atoms with Gasteiger partial charge in [-0.25, -0.2) is 12.8 Å². The van der Waals surface area contributed by atoms with Gasteiger partial charge in [0.1, 0.15) is 5.82 Å². The van der Waals surface area contributed by atoms with Gasteiger partial charge >= 0.3 is 0 Å². The first-order valence-corrected chi connectivity index (χ1v) is 10.9. The van der Waals surface area contributed by atoms with Crippen molar-refractivity contribution in [3.05, 3.63) is 70.9 Å². The number of anilines is 1. The van der Waals surface area contributed by atoms with Gasteiger partial charge in [-0.1, -0.05) is 18.2 Å². The minimum atomic E-state index is -3.41. The molecule has 0 atom stereocenters. The van der Waals surface area contributed by atoms with E-state index in [0.717, 1.165) is 4.88 Å². The highest BCUT2D eigenvalue weighted by molar-refractivity contribution is 7.91. The highest BCUT2D eigenvalue weighted by Gasteiger charge is 2.31. The number of hydrogen-bond acceptors (Lipinski definition) is 4. The van der Waals surface area contributed by atoms with Crippen molar-refractivity contribution in [3.8, 4) is 10.4 Å². The van der Waals surface area contributed by atoms with Gasteiger partial charge in [-0.2, -0.15) is 0 Å². The summed E-state index contributed by atoms with van der Waals surface area (Å²) in [6.07, 6.45) is 0. The van der Waals surface area contributed by atoms with Crippen molar-refractivity contribution < 1.29 is 17.6 Å². The molecule has 1 aliphatic rings. The molecule has 2 aromatic carbocycles. The van der Waals surface area contributed by atoms with E-state index in [9.17, 15) is 17.6 Å². The van der Waals surface area contributed by atoms with Crippen LogP contribution in [-0.4, -0.2) is 20.9 Å². The molecule has 0 saturated heterocycles. The summed E-state index contributed by atoms with van der Waals surface area (Å²) in [5.74, 6) is -0.694. The number of hydrogen-bond donors (Lipinski definition) is 0. The number of thiophene rings is 1. The lowest BCUT2D eigenvalue weighted by Gasteiger charge is -2.20. The first-order chi connectivity index (χ1) is 12.9. The smallest absolute Gasteiger partial charge is 0.268 e. The summed E-state index contributed by atoms with van der Waals surface area (Å²) in [5.41, 5.74) is 1.90. The quantitative estimate of drug-likeness (QED) is 0.649. The largest absolute Gasteiger partial charge is 0.308 e. The van der Waals surface area contributed by atoms with Gasteiger partial charge in [-0.15, -0.1) is 11.3 Å². The van der Waals surface area contributed by atoms with Crippen LogP contribution >= 0.6 is 11.3 Å². The predicted octanol–water partition coefficient (Wildman–Crippen LogP) is 4.51. The number of sulfone groups is 1. The second-order valence-corrected chi connectivity index (χ2v) is 9.26. The number of amides is 1. The van der Waals surface area contributed by atoms with Gasteiger partial charge in [-0.3, -0.25) is 4.79 Å². The lowest BCUT2D eigenvalue weighted by Crippen LogP contribution is -2.29. The molecule has 0 unspecified atom stereocenters. The van der Waals surface area contributed by atoms with Gasteiger partial charge in [0.15, 0.2) is 9.84 Å². The van der Waals surface area contributed by atoms with Crippen LogP contribution in [0.15, 0.2) is 59.5 Å². The van der Waals surface area contributed by atoms with Crippen molar-refractivity contribution in [1.82, 2.24) is 0 Å². The number of fused-ring (bicyclic) bond motifs is 3. The van der Waals surface area contributed by atoms with Crippen molar-refractivity contribution in [2.45, 2.75) is 17.6 Å². The van der Waals surface area contributed by atoms with Crippen molar-refractivity contribution in [3.63, 3.8) is 0 Å². The Labute approximate surface area is 160 Å². The van der Waals surface area contributed by atoms with Crippen LogP contribution in [0, 0.1) is 5.82 Å². The lowest BCUT2D eigenvalue weighted by molar-refractivity contribution is 0.0992. The van der Waals surface area contributed by atoms with Crippen molar-refractivity contribution >= 4 is 32.8 Å². The van der Waals surface area contributed by atoms with E-state index in [-0.39, 0.29) is 17.5 Å². The average Bonchev–Trinajstić information content (AvgIpc) is 3.07. The van der Waals surface area contributed by atoms with Crippen LogP contribution < -0.4 is 4.90 Å². The predicted molar refractivity (Wildman–Crippen MR) is 104 cm³/mol. The fourth-order valence-electron chi connectivity index (χ4n) is 3.27. The summed E-state index contributed by atoms with van der Waals surface area (Å²) in [6, 6.07) is 14.3. The summed E-state index contributed by atoms with van der Waals surface area (Å²) < 4.78 is 38.3. The zero-order valence-corrected chi connectivity index (χ0v) is 16.1. The minimum absolute atomic E-state index is 0.105. The van der Waals surface area contributed by atoms with Gasteiger partial charge < -0.3 is 4.90 Å². The van der Waals surface area contributed by atoms with E-state index in [1.54, 1.807) is 47.4 Å². The Morgan fingerprint density at radius 3 is 2.56 bits per heavy atom. The Balaban J connectivity index is 1.76. The molecule has 1 aliphatic heterocycles. The van der Waals surface area contributed by atoms with E-state index in [4.69, 9.17) is 0 Å². The SMILES string of the molecule is CCN(C(=O)c1cc2c(s1)-c1ccccc1S(=O)(=O)C2)c1ccc(F)cc1. The maximum Gasteiger partial charge on any atom is 0.268 e. The van der Waals surface area contributed by atoms with E-state index < -0.39 is 9.84 Å². The molecule has 3 aromatic rings. The number of carbonyl (C=O) groups excluding carboxylic acids is 1. The summed E-state index contributed by atoms with van der Waals surface area (Å²) in [5, 5.41) is 0. The molecule has 4 rings (SSSR count). The minimum Gasteiger partial charge on any atom is -0.308 e. The van der Waals surface area contributed by atoms with Crippen LogP contribution in [0.4, 0.5) is 10.1 Å². The van der Waals surface area contributed by atoms with Crippen molar-refractivity contribution in [1.29, 1.82) is 0 Å². The van der Waals surface area contributed by atoms with Crippen LogP contribution in [0.2, 0.25) is 0 Å². The third-order valence-corrected chi connectivity index (χ3v) is 7.45. The fraction of sp³-hybridized carbons (Fsp3) is 0.150. The lowest BCUT2D eigenvalue weighted by atomic mass is 10.1. The topological polar surface area (TPSA) is 54.5 Å². The zero-order valence-electron chi connectivity index (χ0n) is 14.5. The van der Waals surface area contributed by atoms with E-state index >= 15 is 0 Å². The summed E-state index contributed by atoms with van der Waals surface area (Å²) >= 11 is 1.30. The van der Waals surface area contributed by atoms with Crippen LogP contribution in [0.1, 0.15) is 22.2 Å². The van der Waals surface area contributed by atoms with Gasteiger partial charge in [0, 0.05) is 22.7 Å². The molecule has 0 fully saturated rings. The molecule has 0 aliphatic carbocycles. The fourth-order valence-corrected chi connectivity index (χ4v) is 6.18. The van der Waals surface area contributed by atoms with Crippen molar-refractivity contribution in [2.24, 2.45) is 0 Å². The monoisotopic (exact) mass is 401 g/mol. The zero-order chi connectivity index (χ0) is 19.2. The van der Waals surface area contributed by atoms with E-state index in [1.165, 1.54) is 23.5 Å². The van der Waals surface area contributed by atoms with Gasteiger partial charge in [0.2, 0.25) is 0 Å². The molecule has 0 N–H and O–H groups in total. The van der Waals surface area contributed by atoms with Crippen LogP contribution in [0.3, 0.4) is 0 Å². The highest BCUT2D eigenvalue weighted by Crippen LogP contribution is 2.43. The first-order valence-electron chi connectivity index (χ1n) is 8.43. The molecule has 0 spiro atoms. The second-order valence-electron chi connectivity index (χ2n) is 6.25. The summed E-state index contributed by atoms with van der Waals surface area (Å²) in [6.45, 7) is 2.26. The third kappa shape index (κ3) is 3.07. The van der Waals surface area contributed by atoms with Gasteiger partial charge in [0.05, 0.1) is 15.5 Å². The number of halogens is 1. The molecule has 0 saturated carbocycles. The standard InChI is InChI=1S/C20H16FNO3S2/c1-2-22(15-9-7-14(21)8-10-15)20(23)17-11-13-12-27(24,25)18-6-4-3-5-16(18)19(13)26-17/h3-11H,2,12H2,1H3. The number of carbonyl (C=O) groups is 1. The number of nitrogens with zero attached hydrogens (tertiary/aromatic N) is 1. The Bertz CT molecular complexity index is 1130. The summed E-state index contributed by atoms with van der Waals surface area (Å²) in [7, 11) is -3.41. The molecule has 0 bridgehead atoms. The number of rotatable bonds is 3. The Hall–Kier alpha value is -2.51. The maximum absolute atomic E-state index is 13.2. The van der Waals surface area contributed by atoms with Gasteiger partial charge in [0.25, 0.3) is 5.91 Å². The van der Waals surface area contributed by atoms with E-state index in [1.807, 2.05) is 6.92 Å². The van der Waals surface area contributed by atoms with Crippen LogP contribution in [0.5, 0.6) is 0 Å².